The number of nitrogens with two attached hydrogens (primary N) is 1. The van der Waals surface area contributed by atoms with E-state index in [0.29, 0.717) is 10.6 Å². The minimum atomic E-state index is -1.84. The van der Waals surface area contributed by atoms with Crippen LogP contribution in [0.3, 0.4) is 0 Å². The number of benzene rings is 1. The summed E-state index contributed by atoms with van der Waals surface area (Å²) < 4.78 is 5.22. The Balaban J connectivity index is 2.25. The van der Waals surface area contributed by atoms with Crippen molar-refractivity contribution in [1.82, 2.24) is 10.1 Å². The van der Waals surface area contributed by atoms with Crippen molar-refractivity contribution >= 4 is 34.3 Å². The van der Waals surface area contributed by atoms with Gasteiger partial charge in [0.25, 0.3) is 0 Å². The SMILES string of the molecule is Cc1nc(C(=O)C(N)C(=O)O)c(O)c2c(-c3ccc(Cl)cc3)noc12. The van der Waals surface area contributed by atoms with E-state index in [9.17, 15) is 14.7 Å². The number of carboxylic acids is 1. The molecule has 25 heavy (non-hydrogen) atoms. The number of aromatic nitrogens is 2. The van der Waals surface area contributed by atoms with E-state index >= 15 is 0 Å². The van der Waals surface area contributed by atoms with Gasteiger partial charge in [0.2, 0.25) is 5.78 Å². The van der Waals surface area contributed by atoms with Crippen LogP contribution < -0.4 is 5.73 Å². The standard InChI is InChI=1S/C16H12ClN3O5/c1-6-15-9(11(20-25-15)7-2-4-8(17)5-3-7)13(21)12(19-6)14(22)10(18)16(23)24/h2-5,10,21H,18H2,1H3,(H,23,24). The summed E-state index contributed by atoms with van der Waals surface area (Å²) in [4.78, 5) is 27.1. The fourth-order valence-electron chi connectivity index (χ4n) is 2.38. The highest BCUT2D eigenvalue weighted by molar-refractivity contribution is 6.30. The number of rotatable bonds is 4. The third kappa shape index (κ3) is 2.81. The maximum absolute atomic E-state index is 12.2. The fourth-order valence-corrected chi connectivity index (χ4v) is 2.51. The highest BCUT2D eigenvalue weighted by Crippen LogP contribution is 2.37. The summed E-state index contributed by atoms with van der Waals surface area (Å²) in [6.45, 7) is 1.54. The highest BCUT2D eigenvalue weighted by atomic mass is 35.5. The normalized spacial score (nSPS) is 12.3. The molecule has 0 fully saturated rings. The Kier molecular flexibility index (Phi) is 4.15. The van der Waals surface area contributed by atoms with Gasteiger partial charge < -0.3 is 20.5 Å². The number of Topliss-reactive ketones (excluding diaryl/α,β-unsaturated/α-hetero) is 1. The number of ketones is 1. The maximum atomic E-state index is 12.2. The zero-order valence-corrected chi connectivity index (χ0v) is 13.6. The molecule has 9 heteroatoms. The Labute approximate surface area is 145 Å². The van der Waals surface area contributed by atoms with Gasteiger partial charge in [0.05, 0.1) is 11.1 Å². The molecule has 1 unspecified atom stereocenters. The molecule has 2 heterocycles. The van der Waals surface area contributed by atoms with Crippen LogP contribution in [0.25, 0.3) is 22.2 Å². The molecular weight excluding hydrogens is 350 g/mol. The quantitative estimate of drug-likeness (QED) is 0.474. The molecule has 0 aliphatic rings. The lowest BCUT2D eigenvalue weighted by Gasteiger charge is -2.09. The molecule has 4 N–H and O–H groups in total. The Bertz CT molecular complexity index is 997. The number of fused-ring (bicyclic) bond motifs is 1. The van der Waals surface area contributed by atoms with Crippen molar-refractivity contribution in [3.8, 4) is 17.0 Å². The van der Waals surface area contributed by atoms with Gasteiger partial charge >= 0.3 is 5.97 Å². The second-order valence-corrected chi connectivity index (χ2v) is 5.75. The van der Waals surface area contributed by atoms with E-state index in [4.69, 9.17) is 27.0 Å². The van der Waals surface area contributed by atoms with E-state index in [2.05, 4.69) is 10.1 Å². The smallest absolute Gasteiger partial charge is 0.328 e. The predicted octanol–water partition coefficient (Wildman–Crippen LogP) is 2.15. The van der Waals surface area contributed by atoms with Crippen molar-refractivity contribution in [2.75, 3.05) is 0 Å². The lowest BCUT2D eigenvalue weighted by molar-refractivity contribution is -0.137. The number of aryl methyl sites for hydroxylation is 1. The zero-order chi connectivity index (χ0) is 18.3. The van der Waals surface area contributed by atoms with Gasteiger partial charge in [-0.3, -0.25) is 9.59 Å². The molecule has 0 amide bonds. The number of aliphatic carboxylic acids is 1. The van der Waals surface area contributed by atoms with Crippen LogP contribution in [0.5, 0.6) is 5.75 Å². The Morgan fingerprint density at radius 2 is 1.92 bits per heavy atom. The first-order valence-electron chi connectivity index (χ1n) is 7.08. The summed E-state index contributed by atoms with van der Waals surface area (Å²) >= 11 is 5.86. The molecule has 3 rings (SSSR count). The van der Waals surface area contributed by atoms with E-state index in [0.717, 1.165) is 0 Å². The van der Waals surface area contributed by atoms with Gasteiger partial charge in [-0.2, -0.15) is 0 Å². The van der Waals surface area contributed by atoms with Crippen molar-refractivity contribution in [2.24, 2.45) is 5.73 Å². The van der Waals surface area contributed by atoms with Crippen LogP contribution >= 0.6 is 11.6 Å². The zero-order valence-electron chi connectivity index (χ0n) is 12.9. The second-order valence-electron chi connectivity index (χ2n) is 5.32. The van der Waals surface area contributed by atoms with Crippen LogP contribution in [-0.2, 0) is 4.79 Å². The average Bonchev–Trinajstić information content (AvgIpc) is 3.03. The van der Waals surface area contributed by atoms with Gasteiger partial charge in [0, 0.05) is 10.6 Å². The van der Waals surface area contributed by atoms with E-state index in [-0.39, 0.29) is 22.4 Å². The lowest BCUT2D eigenvalue weighted by atomic mass is 10.0. The van der Waals surface area contributed by atoms with Gasteiger partial charge in [0.15, 0.2) is 23.1 Å². The van der Waals surface area contributed by atoms with Crippen molar-refractivity contribution < 1.29 is 24.3 Å². The summed E-state index contributed by atoms with van der Waals surface area (Å²) in [5.41, 5.74) is 6.20. The number of carbonyl (C=O) groups is 2. The molecule has 0 aliphatic heterocycles. The second kappa shape index (κ2) is 6.15. The summed E-state index contributed by atoms with van der Waals surface area (Å²) in [5, 5.41) is 24.0. The van der Waals surface area contributed by atoms with E-state index in [1.54, 1.807) is 31.2 Å². The van der Waals surface area contributed by atoms with Crippen LogP contribution in [0.2, 0.25) is 5.02 Å². The molecule has 128 valence electrons. The van der Waals surface area contributed by atoms with Gasteiger partial charge in [-0.1, -0.05) is 28.9 Å². The molecule has 1 atom stereocenters. The third-order valence-electron chi connectivity index (χ3n) is 3.66. The number of pyridine rings is 1. The number of hydrogen-bond donors (Lipinski definition) is 3. The van der Waals surface area contributed by atoms with Crippen LogP contribution in [0.15, 0.2) is 28.8 Å². The molecule has 3 aromatic rings. The van der Waals surface area contributed by atoms with Crippen molar-refractivity contribution in [3.05, 3.63) is 40.7 Å². The van der Waals surface area contributed by atoms with Crippen LogP contribution in [0, 0.1) is 6.92 Å². The number of carbonyl (C=O) groups excluding carboxylic acids is 1. The minimum absolute atomic E-state index is 0.149. The lowest BCUT2D eigenvalue weighted by Crippen LogP contribution is -2.39. The van der Waals surface area contributed by atoms with Crippen LogP contribution in [0.1, 0.15) is 16.2 Å². The monoisotopic (exact) mass is 361 g/mol. The largest absolute Gasteiger partial charge is 0.505 e. The average molecular weight is 362 g/mol. The highest BCUT2D eigenvalue weighted by Gasteiger charge is 2.30. The topological polar surface area (TPSA) is 140 Å². The summed E-state index contributed by atoms with van der Waals surface area (Å²) in [7, 11) is 0. The predicted molar refractivity (Wildman–Crippen MR) is 88.6 cm³/mol. The van der Waals surface area contributed by atoms with E-state index in [1.807, 2.05) is 0 Å². The molecule has 0 saturated carbocycles. The first-order chi connectivity index (χ1) is 11.8. The van der Waals surface area contributed by atoms with Gasteiger partial charge in [0.1, 0.15) is 5.69 Å². The molecule has 8 nitrogen and oxygen atoms in total. The number of aromatic hydroxyl groups is 1. The van der Waals surface area contributed by atoms with Crippen LogP contribution in [-0.4, -0.2) is 38.1 Å². The molecule has 0 saturated heterocycles. The first-order valence-corrected chi connectivity index (χ1v) is 7.46. The maximum Gasteiger partial charge on any atom is 0.328 e. The molecule has 2 aromatic heterocycles. The van der Waals surface area contributed by atoms with E-state index < -0.39 is 29.2 Å². The van der Waals surface area contributed by atoms with Gasteiger partial charge in [-0.15, -0.1) is 0 Å². The van der Waals surface area contributed by atoms with Gasteiger partial charge in [-0.05, 0) is 19.1 Å². The van der Waals surface area contributed by atoms with E-state index in [1.165, 1.54) is 0 Å². The molecule has 1 aromatic carbocycles. The van der Waals surface area contributed by atoms with Crippen molar-refractivity contribution in [1.29, 1.82) is 0 Å². The van der Waals surface area contributed by atoms with Gasteiger partial charge in [-0.25, -0.2) is 4.98 Å². The Morgan fingerprint density at radius 1 is 1.28 bits per heavy atom. The molecule has 0 bridgehead atoms. The fraction of sp³-hybridized carbons (Fsp3) is 0.125. The minimum Gasteiger partial charge on any atom is -0.505 e. The summed E-state index contributed by atoms with van der Waals surface area (Å²) in [6, 6.07) is 4.76. The Hall–Kier alpha value is -2.97. The van der Waals surface area contributed by atoms with Crippen molar-refractivity contribution in [2.45, 2.75) is 13.0 Å². The number of halogens is 1. The van der Waals surface area contributed by atoms with Crippen molar-refractivity contribution in [3.63, 3.8) is 0 Å². The molecular formula is C16H12ClN3O5. The number of nitrogens with zero attached hydrogens (tertiary/aromatic N) is 2. The molecule has 0 aliphatic carbocycles. The first kappa shape index (κ1) is 16.9. The molecule has 0 spiro atoms. The summed E-state index contributed by atoms with van der Waals surface area (Å²) in [5.74, 6) is -3.07. The molecule has 0 radical (unpaired) electrons. The third-order valence-corrected chi connectivity index (χ3v) is 3.91. The number of hydrogen-bond acceptors (Lipinski definition) is 7. The summed E-state index contributed by atoms with van der Waals surface area (Å²) in [6.07, 6.45) is 0. The number of carboxylic acid groups (broad SMARTS) is 1. The Morgan fingerprint density at radius 3 is 2.52 bits per heavy atom. The van der Waals surface area contributed by atoms with Crippen LogP contribution in [0.4, 0.5) is 0 Å².